The Labute approximate surface area is 134 Å². The van der Waals surface area contributed by atoms with E-state index in [1.54, 1.807) is 11.3 Å². The lowest BCUT2D eigenvalue weighted by Crippen LogP contribution is -2.36. The van der Waals surface area contributed by atoms with Crippen LogP contribution < -0.4 is 5.32 Å². The van der Waals surface area contributed by atoms with E-state index in [1.807, 2.05) is 16.3 Å². The molecule has 0 bridgehead atoms. The van der Waals surface area contributed by atoms with Crippen LogP contribution in [0.1, 0.15) is 47.8 Å². The summed E-state index contributed by atoms with van der Waals surface area (Å²) in [7, 11) is 0. The molecule has 1 aromatic heterocycles. The minimum atomic E-state index is -0.409. The molecule has 120 valence electrons. The Kier molecular flexibility index (Phi) is 4.38. The third kappa shape index (κ3) is 3.11. The van der Waals surface area contributed by atoms with Crippen molar-refractivity contribution in [3.05, 3.63) is 21.9 Å². The summed E-state index contributed by atoms with van der Waals surface area (Å²) < 4.78 is 5.45. The number of aryl methyl sites for hydroxylation is 1. The first-order valence-electron chi connectivity index (χ1n) is 7.95. The van der Waals surface area contributed by atoms with Crippen molar-refractivity contribution in [2.45, 2.75) is 44.6 Å². The molecule has 2 aliphatic rings. The number of ether oxygens (including phenoxy) is 1. The van der Waals surface area contributed by atoms with Crippen molar-refractivity contribution in [2.75, 3.05) is 19.6 Å². The van der Waals surface area contributed by atoms with Gasteiger partial charge < -0.3 is 15.0 Å². The SMILES string of the molecule is CCCc1cc(C(=O)N2CCC[C@@]3(CC2)CNC(=O)O3)cs1. The van der Waals surface area contributed by atoms with Crippen molar-refractivity contribution in [3.63, 3.8) is 0 Å². The lowest BCUT2D eigenvalue weighted by atomic mass is 9.95. The zero-order valence-electron chi connectivity index (χ0n) is 12.9. The van der Waals surface area contributed by atoms with E-state index in [-0.39, 0.29) is 12.0 Å². The molecule has 1 spiro atoms. The number of thiophene rings is 1. The van der Waals surface area contributed by atoms with Crippen LogP contribution in [0.25, 0.3) is 0 Å². The van der Waals surface area contributed by atoms with E-state index < -0.39 is 5.60 Å². The number of carbonyl (C=O) groups excluding carboxylic acids is 2. The summed E-state index contributed by atoms with van der Waals surface area (Å²) in [6.07, 6.45) is 4.19. The molecule has 5 nitrogen and oxygen atoms in total. The van der Waals surface area contributed by atoms with Crippen molar-refractivity contribution in [1.82, 2.24) is 10.2 Å². The van der Waals surface area contributed by atoms with Crippen LogP contribution >= 0.6 is 11.3 Å². The maximum Gasteiger partial charge on any atom is 0.407 e. The van der Waals surface area contributed by atoms with Crippen LogP contribution in [-0.2, 0) is 11.2 Å². The largest absolute Gasteiger partial charge is 0.441 e. The van der Waals surface area contributed by atoms with E-state index >= 15 is 0 Å². The van der Waals surface area contributed by atoms with Gasteiger partial charge in [0.25, 0.3) is 5.91 Å². The van der Waals surface area contributed by atoms with Crippen LogP contribution in [-0.4, -0.2) is 42.1 Å². The fourth-order valence-corrected chi connectivity index (χ4v) is 4.17. The number of nitrogens with zero attached hydrogens (tertiary/aromatic N) is 1. The molecule has 2 aliphatic heterocycles. The maximum atomic E-state index is 12.6. The summed E-state index contributed by atoms with van der Waals surface area (Å²) in [5.74, 6) is 0.105. The average Bonchev–Trinajstić information content (AvgIpc) is 3.04. The number of nitrogens with one attached hydrogen (secondary N) is 1. The summed E-state index contributed by atoms with van der Waals surface area (Å²) >= 11 is 1.66. The Morgan fingerprint density at radius 2 is 2.32 bits per heavy atom. The summed E-state index contributed by atoms with van der Waals surface area (Å²) in [5.41, 5.74) is 0.389. The molecule has 6 heteroatoms. The van der Waals surface area contributed by atoms with Gasteiger partial charge in [0.15, 0.2) is 0 Å². The molecule has 22 heavy (non-hydrogen) atoms. The highest BCUT2D eigenvalue weighted by molar-refractivity contribution is 7.10. The summed E-state index contributed by atoms with van der Waals surface area (Å²) in [5, 5.41) is 4.70. The number of hydrogen-bond acceptors (Lipinski definition) is 4. The van der Waals surface area contributed by atoms with Gasteiger partial charge in [0.05, 0.1) is 12.1 Å². The predicted octanol–water partition coefficient (Wildman–Crippen LogP) is 2.81. The highest BCUT2D eigenvalue weighted by Gasteiger charge is 2.41. The molecule has 3 rings (SSSR count). The maximum absolute atomic E-state index is 12.6. The summed E-state index contributed by atoms with van der Waals surface area (Å²) in [4.78, 5) is 27.1. The topological polar surface area (TPSA) is 58.6 Å². The van der Waals surface area contributed by atoms with Crippen molar-refractivity contribution in [2.24, 2.45) is 0 Å². The minimum Gasteiger partial charge on any atom is -0.441 e. The van der Waals surface area contributed by atoms with Gasteiger partial charge >= 0.3 is 6.09 Å². The van der Waals surface area contributed by atoms with Crippen molar-refractivity contribution < 1.29 is 14.3 Å². The second-order valence-electron chi connectivity index (χ2n) is 6.12. The molecule has 1 aromatic rings. The van der Waals surface area contributed by atoms with Gasteiger partial charge in [-0.15, -0.1) is 11.3 Å². The van der Waals surface area contributed by atoms with Gasteiger partial charge in [0, 0.05) is 29.8 Å². The number of rotatable bonds is 3. The van der Waals surface area contributed by atoms with E-state index in [4.69, 9.17) is 4.74 Å². The van der Waals surface area contributed by atoms with Gasteiger partial charge in [-0.05, 0) is 25.3 Å². The second kappa shape index (κ2) is 6.28. The summed E-state index contributed by atoms with van der Waals surface area (Å²) in [6.45, 7) is 4.09. The van der Waals surface area contributed by atoms with Gasteiger partial charge in [0.2, 0.25) is 0 Å². The predicted molar refractivity (Wildman–Crippen MR) is 85.3 cm³/mol. The van der Waals surface area contributed by atoms with E-state index in [0.717, 1.165) is 37.8 Å². The van der Waals surface area contributed by atoms with Crippen molar-refractivity contribution >= 4 is 23.3 Å². The van der Waals surface area contributed by atoms with E-state index in [9.17, 15) is 9.59 Å². The van der Waals surface area contributed by atoms with Gasteiger partial charge in [0.1, 0.15) is 5.60 Å². The van der Waals surface area contributed by atoms with Gasteiger partial charge in [-0.25, -0.2) is 4.79 Å². The number of carbonyl (C=O) groups is 2. The molecular formula is C16H22N2O3S. The van der Waals surface area contributed by atoms with E-state index in [1.165, 1.54) is 4.88 Å². The Bertz CT molecular complexity index is 571. The smallest absolute Gasteiger partial charge is 0.407 e. The highest BCUT2D eigenvalue weighted by atomic mass is 32.1. The van der Waals surface area contributed by atoms with Crippen molar-refractivity contribution in [1.29, 1.82) is 0 Å². The molecule has 0 aromatic carbocycles. The minimum absolute atomic E-state index is 0.105. The molecule has 0 saturated carbocycles. The molecule has 2 fully saturated rings. The first-order chi connectivity index (χ1) is 10.6. The zero-order chi connectivity index (χ0) is 15.6. The van der Waals surface area contributed by atoms with E-state index in [2.05, 4.69) is 12.2 Å². The first-order valence-corrected chi connectivity index (χ1v) is 8.83. The van der Waals surface area contributed by atoms with Crippen LogP contribution in [0.5, 0.6) is 0 Å². The molecule has 0 radical (unpaired) electrons. The third-order valence-electron chi connectivity index (χ3n) is 4.45. The first kappa shape index (κ1) is 15.3. The molecule has 3 heterocycles. The Balaban J connectivity index is 1.65. The number of likely N-dealkylation sites (tertiary alicyclic amines) is 1. The molecule has 2 amide bonds. The Morgan fingerprint density at radius 3 is 3.05 bits per heavy atom. The molecule has 1 atom stereocenters. The monoisotopic (exact) mass is 322 g/mol. The molecule has 2 saturated heterocycles. The van der Waals surface area contributed by atoms with E-state index in [0.29, 0.717) is 19.5 Å². The number of alkyl carbamates (subject to hydrolysis) is 1. The van der Waals surface area contributed by atoms with Crippen LogP contribution in [0.2, 0.25) is 0 Å². The zero-order valence-corrected chi connectivity index (χ0v) is 13.7. The fourth-order valence-electron chi connectivity index (χ4n) is 3.20. The van der Waals surface area contributed by atoms with Crippen molar-refractivity contribution in [3.8, 4) is 0 Å². The van der Waals surface area contributed by atoms with Crippen LogP contribution in [0.4, 0.5) is 4.79 Å². The Hall–Kier alpha value is -1.56. The van der Waals surface area contributed by atoms with Crippen LogP contribution in [0, 0.1) is 0 Å². The van der Waals surface area contributed by atoms with Gasteiger partial charge in [-0.2, -0.15) is 0 Å². The molecular weight excluding hydrogens is 300 g/mol. The fraction of sp³-hybridized carbons (Fsp3) is 0.625. The average molecular weight is 322 g/mol. The highest BCUT2D eigenvalue weighted by Crippen LogP contribution is 2.30. The standard InChI is InChI=1S/C16H22N2O3S/c1-2-4-13-9-12(10-22-13)14(19)18-7-3-5-16(6-8-18)11-17-15(20)21-16/h9-10H,2-8,11H2,1H3,(H,17,20)/t16-/m1/s1. The lowest BCUT2D eigenvalue weighted by molar-refractivity contribution is 0.0439. The quantitative estimate of drug-likeness (QED) is 0.931. The summed E-state index contributed by atoms with van der Waals surface area (Å²) in [6, 6.07) is 2.02. The van der Waals surface area contributed by atoms with Crippen LogP contribution in [0.15, 0.2) is 11.4 Å². The van der Waals surface area contributed by atoms with Crippen LogP contribution in [0.3, 0.4) is 0 Å². The Morgan fingerprint density at radius 1 is 1.45 bits per heavy atom. The molecule has 0 aliphatic carbocycles. The lowest BCUT2D eigenvalue weighted by Gasteiger charge is -2.24. The van der Waals surface area contributed by atoms with Gasteiger partial charge in [-0.3, -0.25) is 4.79 Å². The molecule has 1 N–H and O–H groups in total. The second-order valence-corrected chi connectivity index (χ2v) is 7.12. The number of amides is 2. The normalized spacial score (nSPS) is 25.0. The van der Waals surface area contributed by atoms with Gasteiger partial charge in [-0.1, -0.05) is 13.3 Å². The molecule has 0 unspecified atom stereocenters. The number of hydrogen-bond donors (Lipinski definition) is 1. The third-order valence-corrected chi connectivity index (χ3v) is 5.44.